The predicted molar refractivity (Wildman–Crippen MR) is 75.5 cm³/mol. The molecule has 0 spiro atoms. The maximum absolute atomic E-state index is 3.85. The molecular formula is C16H29. The van der Waals surface area contributed by atoms with Crippen molar-refractivity contribution < 1.29 is 0 Å². The molecule has 0 bridgehead atoms. The molecule has 0 fully saturated rings. The standard InChI is InChI=1S/C16H29/c1-3-5-7-9-11-13-15-16-14-12-10-8-6-4-2/h10,12,15-16H,1,3-9,11,13-14H2,2H3. The van der Waals surface area contributed by atoms with Gasteiger partial charge in [0.1, 0.15) is 0 Å². The van der Waals surface area contributed by atoms with Gasteiger partial charge in [-0.05, 0) is 25.7 Å². The van der Waals surface area contributed by atoms with Crippen LogP contribution in [-0.2, 0) is 0 Å². The van der Waals surface area contributed by atoms with E-state index in [4.69, 9.17) is 0 Å². The zero-order valence-electron chi connectivity index (χ0n) is 11.1. The van der Waals surface area contributed by atoms with Crippen LogP contribution in [0, 0.1) is 6.92 Å². The number of allylic oxidation sites excluding steroid dienone is 4. The van der Waals surface area contributed by atoms with Crippen molar-refractivity contribution in [2.75, 3.05) is 0 Å². The molecular weight excluding hydrogens is 192 g/mol. The minimum atomic E-state index is 1.10. The average Bonchev–Trinajstić information content (AvgIpc) is 2.31. The second-order valence-electron chi connectivity index (χ2n) is 4.38. The third kappa shape index (κ3) is 13.5. The van der Waals surface area contributed by atoms with Crippen LogP contribution in [0.2, 0.25) is 0 Å². The Bertz CT molecular complexity index is 165. The zero-order valence-corrected chi connectivity index (χ0v) is 11.1. The maximum Gasteiger partial charge on any atom is -0.0169 e. The van der Waals surface area contributed by atoms with E-state index >= 15 is 0 Å². The number of unbranched alkanes of at least 4 members (excludes halogenated alkanes) is 7. The second-order valence-corrected chi connectivity index (χ2v) is 4.38. The highest BCUT2D eigenvalue weighted by atomic mass is 13.9. The lowest BCUT2D eigenvalue weighted by atomic mass is 10.1. The van der Waals surface area contributed by atoms with Gasteiger partial charge in [-0.25, -0.2) is 0 Å². The Morgan fingerprint density at radius 1 is 0.750 bits per heavy atom. The van der Waals surface area contributed by atoms with Crippen molar-refractivity contribution in [2.24, 2.45) is 0 Å². The quantitative estimate of drug-likeness (QED) is 0.303. The SMILES string of the molecule is [CH2]CCCCCCC=CCC=CCCCC. The van der Waals surface area contributed by atoms with Gasteiger partial charge in [0.05, 0.1) is 0 Å². The molecule has 0 saturated carbocycles. The van der Waals surface area contributed by atoms with Gasteiger partial charge < -0.3 is 0 Å². The molecule has 93 valence electrons. The highest BCUT2D eigenvalue weighted by molar-refractivity contribution is 4.92. The first-order chi connectivity index (χ1) is 7.91. The summed E-state index contributed by atoms with van der Waals surface area (Å²) >= 11 is 0. The van der Waals surface area contributed by atoms with Gasteiger partial charge in [0.15, 0.2) is 0 Å². The Morgan fingerprint density at radius 2 is 1.38 bits per heavy atom. The van der Waals surface area contributed by atoms with E-state index in [1.807, 2.05) is 0 Å². The van der Waals surface area contributed by atoms with Crippen LogP contribution >= 0.6 is 0 Å². The van der Waals surface area contributed by atoms with E-state index < -0.39 is 0 Å². The van der Waals surface area contributed by atoms with Gasteiger partial charge in [-0.1, -0.05) is 76.7 Å². The highest BCUT2D eigenvalue weighted by Gasteiger charge is 1.85. The molecule has 0 heterocycles. The minimum Gasteiger partial charge on any atom is -0.0882 e. The molecule has 0 amide bonds. The molecule has 0 aromatic rings. The van der Waals surface area contributed by atoms with Crippen LogP contribution in [0.1, 0.15) is 71.1 Å². The van der Waals surface area contributed by atoms with Crippen LogP contribution in [0.5, 0.6) is 0 Å². The van der Waals surface area contributed by atoms with Crippen LogP contribution in [0.3, 0.4) is 0 Å². The number of rotatable bonds is 11. The first kappa shape index (κ1) is 15.5. The molecule has 0 aromatic heterocycles. The lowest BCUT2D eigenvalue weighted by Gasteiger charge is -1.95. The molecule has 0 rings (SSSR count). The van der Waals surface area contributed by atoms with E-state index in [2.05, 4.69) is 38.2 Å². The van der Waals surface area contributed by atoms with Gasteiger partial charge in [0.2, 0.25) is 0 Å². The summed E-state index contributed by atoms with van der Waals surface area (Å²) in [6, 6.07) is 0. The molecule has 0 nitrogen and oxygen atoms in total. The normalized spacial score (nSPS) is 11.9. The minimum absolute atomic E-state index is 1.10. The third-order valence-corrected chi connectivity index (χ3v) is 2.70. The van der Waals surface area contributed by atoms with Gasteiger partial charge in [-0.15, -0.1) is 0 Å². The third-order valence-electron chi connectivity index (χ3n) is 2.70. The van der Waals surface area contributed by atoms with Crippen molar-refractivity contribution in [1.29, 1.82) is 0 Å². The molecule has 0 aliphatic heterocycles. The molecule has 0 heteroatoms. The summed E-state index contributed by atoms with van der Waals surface area (Å²) in [5.41, 5.74) is 0. The van der Waals surface area contributed by atoms with Crippen LogP contribution in [-0.4, -0.2) is 0 Å². The summed E-state index contributed by atoms with van der Waals surface area (Å²) in [6.07, 6.45) is 21.9. The van der Waals surface area contributed by atoms with Gasteiger partial charge in [0.25, 0.3) is 0 Å². The van der Waals surface area contributed by atoms with Crippen molar-refractivity contribution in [3.63, 3.8) is 0 Å². The van der Waals surface area contributed by atoms with Crippen LogP contribution in [0.15, 0.2) is 24.3 Å². The topological polar surface area (TPSA) is 0 Å². The first-order valence-corrected chi connectivity index (χ1v) is 7.01. The summed E-state index contributed by atoms with van der Waals surface area (Å²) in [4.78, 5) is 0. The van der Waals surface area contributed by atoms with Crippen LogP contribution < -0.4 is 0 Å². The molecule has 0 aliphatic rings. The Balaban J connectivity index is 3.12. The summed E-state index contributed by atoms with van der Waals surface area (Å²) in [7, 11) is 0. The lowest BCUT2D eigenvalue weighted by molar-refractivity contribution is 0.651. The van der Waals surface area contributed by atoms with Gasteiger partial charge in [-0.3, -0.25) is 0 Å². The average molecular weight is 221 g/mol. The molecule has 0 aliphatic carbocycles. The highest BCUT2D eigenvalue weighted by Crippen LogP contribution is 2.05. The van der Waals surface area contributed by atoms with Gasteiger partial charge >= 0.3 is 0 Å². The summed E-state index contributed by atoms with van der Waals surface area (Å²) in [5, 5.41) is 0. The lowest BCUT2D eigenvalue weighted by Crippen LogP contribution is -1.75. The van der Waals surface area contributed by atoms with Crippen molar-refractivity contribution in [1.82, 2.24) is 0 Å². The monoisotopic (exact) mass is 221 g/mol. The van der Waals surface area contributed by atoms with Crippen molar-refractivity contribution in [3.05, 3.63) is 31.2 Å². The van der Waals surface area contributed by atoms with Crippen LogP contribution in [0.4, 0.5) is 0 Å². The Labute approximate surface area is 103 Å². The Hall–Kier alpha value is -0.520. The van der Waals surface area contributed by atoms with Crippen molar-refractivity contribution in [2.45, 2.75) is 71.1 Å². The van der Waals surface area contributed by atoms with Gasteiger partial charge in [-0.2, -0.15) is 0 Å². The molecule has 0 N–H and O–H groups in total. The molecule has 0 atom stereocenters. The van der Waals surface area contributed by atoms with E-state index in [0.29, 0.717) is 0 Å². The second kappa shape index (κ2) is 14.5. The molecule has 16 heavy (non-hydrogen) atoms. The Morgan fingerprint density at radius 3 is 2.00 bits per heavy atom. The molecule has 1 radical (unpaired) electrons. The Kier molecular flexibility index (Phi) is 14.0. The van der Waals surface area contributed by atoms with Gasteiger partial charge in [0, 0.05) is 0 Å². The fourth-order valence-corrected chi connectivity index (χ4v) is 1.62. The summed E-state index contributed by atoms with van der Waals surface area (Å²) < 4.78 is 0. The number of hydrogen-bond acceptors (Lipinski definition) is 0. The smallest absolute Gasteiger partial charge is 0.0169 e. The van der Waals surface area contributed by atoms with E-state index in [0.717, 1.165) is 12.8 Å². The van der Waals surface area contributed by atoms with Crippen molar-refractivity contribution >= 4 is 0 Å². The summed E-state index contributed by atoms with van der Waals surface area (Å²) in [6.45, 7) is 6.09. The fourth-order valence-electron chi connectivity index (χ4n) is 1.62. The first-order valence-electron chi connectivity index (χ1n) is 7.01. The molecule has 0 aromatic carbocycles. The summed E-state index contributed by atoms with van der Waals surface area (Å²) in [5.74, 6) is 0. The van der Waals surface area contributed by atoms with E-state index in [1.54, 1.807) is 0 Å². The van der Waals surface area contributed by atoms with Crippen molar-refractivity contribution in [3.8, 4) is 0 Å². The van der Waals surface area contributed by atoms with Crippen LogP contribution in [0.25, 0.3) is 0 Å². The largest absolute Gasteiger partial charge is 0.0882 e. The maximum atomic E-state index is 3.85. The van der Waals surface area contributed by atoms with E-state index in [9.17, 15) is 0 Å². The number of hydrogen-bond donors (Lipinski definition) is 0. The molecule has 0 saturated heterocycles. The van der Waals surface area contributed by atoms with E-state index in [1.165, 1.54) is 51.4 Å². The zero-order chi connectivity index (χ0) is 11.9. The fraction of sp³-hybridized carbons (Fsp3) is 0.688. The predicted octanol–water partition coefficient (Wildman–Crippen LogP) is 5.85. The van der Waals surface area contributed by atoms with E-state index in [-0.39, 0.29) is 0 Å². The molecule has 0 unspecified atom stereocenters.